The van der Waals surface area contributed by atoms with Crippen LogP contribution < -0.4 is 0 Å². The van der Waals surface area contributed by atoms with Gasteiger partial charge in [0.15, 0.2) is 0 Å². The number of nitrogens with zero attached hydrogens (tertiary/aromatic N) is 1. The van der Waals surface area contributed by atoms with Crippen molar-refractivity contribution in [3.8, 4) is 0 Å². The highest BCUT2D eigenvalue weighted by Crippen LogP contribution is 2.40. The van der Waals surface area contributed by atoms with Crippen LogP contribution in [0.25, 0.3) is 0 Å². The minimum Gasteiger partial charge on any atom is -0.235 e. The lowest BCUT2D eigenvalue weighted by Crippen LogP contribution is -1.90. The standard InChI is InChI=1S/C14H10ClNS/c1-9-6-7-13-11(8-9)16-14(15)10-4-2-3-5-12(10)17-13/h2-8H,1H3. The topological polar surface area (TPSA) is 12.4 Å². The van der Waals surface area contributed by atoms with Crippen LogP contribution in [0, 0.1) is 6.92 Å². The fraction of sp³-hybridized carbons (Fsp3) is 0.0714. The summed E-state index contributed by atoms with van der Waals surface area (Å²) < 4.78 is 0. The minimum absolute atomic E-state index is 0.567. The van der Waals surface area contributed by atoms with E-state index in [0.717, 1.165) is 21.0 Å². The molecule has 0 aliphatic carbocycles. The zero-order valence-electron chi connectivity index (χ0n) is 9.27. The van der Waals surface area contributed by atoms with Gasteiger partial charge in [-0.15, -0.1) is 0 Å². The first-order valence-electron chi connectivity index (χ1n) is 5.36. The molecule has 0 radical (unpaired) electrons. The smallest absolute Gasteiger partial charge is 0.138 e. The molecule has 0 amide bonds. The average molecular weight is 260 g/mol. The predicted octanol–water partition coefficient (Wildman–Crippen LogP) is 4.78. The van der Waals surface area contributed by atoms with E-state index in [-0.39, 0.29) is 0 Å². The van der Waals surface area contributed by atoms with Crippen molar-refractivity contribution in [2.24, 2.45) is 4.99 Å². The molecule has 2 aromatic carbocycles. The summed E-state index contributed by atoms with van der Waals surface area (Å²) in [6, 6.07) is 14.4. The number of benzene rings is 2. The number of hydrogen-bond donors (Lipinski definition) is 0. The highest BCUT2D eigenvalue weighted by atomic mass is 35.5. The molecular formula is C14H10ClNS. The molecule has 0 N–H and O–H groups in total. The molecule has 0 atom stereocenters. The molecule has 1 aliphatic rings. The van der Waals surface area contributed by atoms with E-state index in [4.69, 9.17) is 11.6 Å². The summed E-state index contributed by atoms with van der Waals surface area (Å²) in [5.41, 5.74) is 3.16. The molecule has 2 aromatic rings. The Kier molecular flexibility index (Phi) is 2.69. The van der Waals surface area contributed by atoms with Gasteiger partial charge in [-0.25, -0.2) is 4.99 Å². The second-order valence-electron chi connectivity index (χ2n) is 3.97. The van der Waals surface area contributed by atoms with Crippen molar-refractivity contribution in [2.45, 2.75) is 16.7 Å². The number of aliphatic imine (C=N–C) groups is 1. The SMILES string of the molecule is Cc1ccc2c(c1)N=C(Cl)c1ccccc1S2. The lowest BCUT2D eigenvalue weighted by atomic mass is 10.2. The van der Waals surface area contributed by atoms with E-state index in [1.165, 1.54) is 5.56 Å². The fourth-order valence-electron chi connectivity index (χ4n) is 1.81. The number of rotatable bonds is 0. The Balaban J connectivity index is 2.24. The van der Waals surface area contributed by atoms with Crippen molar-refractivity contribution in [2.75, 3.05) is 0 Å². The third-order valence-electron chi connectivity index (χ3n) is 2.66. The van der Waals surface area contributed by atoms with Crippen LogP contribution in [-0.4, -0.2) is 5.17 Å². The number of aryl methyl sites for hydroxylation is 1. The van der Waals surface area contributed by atoms with Crippen molar-refractivity contribution in [3.05, 3.63) is 53.6 Å². The lowest BCUT2D eigenvalue weighted by molar-refractivity contribution is 1.33. The maximum absolute atomic E-state index is 6.27. The van der Waals surface area contributed by atoms with E-state index in [0.29, 0.717) is 5.17 Å². The summed E-state index contributed by atoms with van der Waals surface area (Å²) in [6.07, 6.45) is 0. The van der Waals surface area contributed by atoms with Crippen LogP contribution in [0.3, 0.4) is 0 Å². The molecule has 1 heterocycles. The van der Waals surface area contributed by atoms with Crippen LogP contribution in [0.15, 0.2) is 57.2 Å². The van der Waals surface area contributed by atoms with Crippen molar-refractivity contribution >= 4 is 34.2 Å². The number of halogens is 1. The van der Waals surface area contributed by atoms with E-state index >= 15 is 0 Å². The number of hydrogen-bond acceptors (Lipinski definition) is 2. The van der Waals surface area contributed by atoms with E-state index in [1.54, 1.807) is 11.8 Å². The molecule has 0 unspecified atom stereocenters. The largest absolute Gasteiger partial charge is 0.235 e. The van der Waals surface area contributed by atoms with Crippen LogP contribution in [-0.2, 0) is 0 Å². The van der Waals surface area contributed by atoms with Gasteiger partial charge in [-0.3, -0.25) is 0 Å². The zero-order chi connectivity index (χ0) is 11.8. The van der Waals surface area contributed by atoms with Gasteiger partial charge in [0, 0.05) is 15.4 Å². The summed E-state index contributed by atoms with van der Waals surface area (Å²) >= 11 is 7.99. The molecule has 3 heteroatoms. The molecular weight excluding hydrogens is 250 g/mol. The van der Waals surface area contributed by atoms with Gasteiger partial charge >= 0.3 is 0 Å². The maximum atomic E-state index is 6.27. The highest BCUT2D eigenvalue weighted by Gasteiger charge is 2.15. The first kappa shape index (κ1) is 10.9. The molecule has 0 bridgehead atoms. The fourth-order valence-corrected chi connectivity index (χ4v) is 3.13. The van der Waals surface area contributed by atoms with E-state index < -0.39 is 0 Å². The van der Waals surface area contributed by atoms with Crippen molar-refractivity contribution in [3.63, 3.8) is 0 Å². The summed E-state index contributed by atoms with van der Waals surface area (Å²) in [7, 11) is 0. The summed E-state index contributed by atoms with van der Waals surface area (Å²) in [5, 5.41) is 0.567. The van der Waals surface area contributed by atoms with Crippen molar-refractivity contribution in [1.29, 1.82) is 0 Å². The normalized spacial score (nSPS) is 13.4. The monoisotopic (exact) mass is 259 g/mol. The quantitative estimate of drug-likeness (QED) is 0.663. The molecule has 0 saturated heterocycles. The van der Waals surface area contributed by atoms with Gasteiger partial charge in [-0.2, -0.15) is 0 Å². The van der Waals surface area contributed by atoms with E-state index in [9.17, 15) is 0 Å². The molecule has 1 aliphatic heterocycles. The summed E-state index contributed by atoms with van der Waals surface area (Å²) in [6.45, 7) is 2.06. The van der Waals surface area contributed by atoms with Gasteiger partial charge in [0.25, 0.3) is 0 Å². The highest BCUT2D eigenvalue weighted by molar-refractivity contribution is 7.99. The van der Waals surface area contributed by atoms with Gasteiger partial charge in [0.1, 0.15) is 5.17 Å². The maximum Gasteiger partial charge on any atom is 0.138 e. The van der Waals surface area contributed by atoms with Gasteiger partial charge < -0.3 is 0 Å². The second-order valence-corrected chi connectivity index (χ2v) is 5.41. The third-order valence-corrected chi connectivity index (χ3v) is 4.09. The minimum atomic E-state index is 0.567. The van der Waals surface area contributed by atoms with Crippen LogP contribution >= 0.6 is 23.4 Å². The summed E-state index contributed by atoms with van der Waals surface area (Å²) in [5.74, 6) is 0. The zero-order valence-corrected chi connectivity index (χ0v) is 10.8. The van der Waals surface area contributed by atoms with Gasteiger partial charge in [-0.05, 0) is 30.7 Å². The van der Waals surface area contributed by atoms with E-state index in [1.807, 2.05) is 18.2 Å². The second kappa shape index (κ2) is 4.21. The van der Waals surface area contributed by atoms with Crippen molar-refractivity contribution in [1.82, 2.24) is 0 Å². The Labute approximate surface area is 110 Å². The Morgan fingerprint density at radius 1 is 1.06 bits per heavy atom. The van der Waals surface area contributed by atoms with Crippen LogP contribution in [0.4, 0.5) is 5.69 Å². The van der Waals surface area contributed by atoms with Crippen LogP contribution in [0.5, 0.6) is 0 Å². The molecule has 84 valence electrons. The first-order chi connectivity index (χ1) is 8.24. The lowest BCUT2D eigenvalue weighted by Gasteiger charge is -2.04. The third kappa shape index (κ3) is 1.99. The van der Waals surface area contributed by atoms with Crippen LogP contribution in [0.1, 0.15) is 11.1 Å². The Hall–Kier alpha value is -1.25. The molecule has 1 nitrogen and oxygen atoms in total. The van der Waals surface area contributed by atoms with Gasteiger partial charge in [0.05, 0.1) is 5.69 Å². The Morgan fingerprint density at radius 3 is 2.76 bits per heavy atom. The molecule has 17 heavy (non-hydrogen) atoms. The van der Waals surface area contributed by atoms with Gasteiger partial charge in [-0.1, -0.05) is 47.6 Å². The molecule has 3 rings (SSSR count). The van der Waals surface area contributed by atoms with Crippen LogP contribution in [0.2, 0.25) is 0 Å². The molecule has 0 aromatic heterocycles. The Morgan fingerprint density at radius 2 is 1.88 bits per heavy atom. The van der Waals surface area contributed by atoms with E-state index in [2.05, 4.69) is 36.2 Å². The molecule has 0 spiro atoms. The van der Waals surface area contributed by atoms with Crippen molar-refractivity contribution < 1.29 is 0 Å². The predicted molar refractivity (Wildman–Crippen MR) is 73.8 cm³/mol. The van der Waals surface area contributed by atoms with Gasteiger partial charge in [0.2, 0.25) is 0 Å². The molecule has 0 fully saturated rings. The average Bonchev–Trinajstić information content (AvgIpc) is 2.46. The Bertz CT molecular complexity index is 619. The number of fused-ring (bicyclic) bond motifs is 2. The first-order valence-corrected chi connectivity index (χ1v) is 6.55. The molecule has 0 saturated carbocycles. The summed E-state index contributed by atoms with van der Waals surface area (Å²) in [4.78, 5) is 6.81.